The van der Waals surface area contributed by atoms with Gasteiger partial charge in [0.1, 0.15) is 5.75 Å². The standard InChI is InChI=1S/C20H22N2O3/c1-13-7-14(2)9-17(8-13)22-12-15(10-19(22)23)20(24)21-16-5-4-6-18(11-16)25-3/h4-9,11,15H,10,12H2,1-3H3,(H,21,24). The first-order chi connectivity index (χ1) is 12.0. The number of anilines is 2. The van der Waals surface area contributed by atoms with Gasteiger partial charge in [-0.05, 0) is 49.2 Å². The van der Waals surface area contributed by atoms with Crippen LogP contribution < -0.4 is 15.0 Å². The number of rotatable bonds is 4. The molecule has 0 bridgehead atoms. The number of carbonyl (C=O) groups is 2. The zero-order valence-corrected chi connectivity index (χ0v) is 14.7. The van der Waals surface area contributed by atoms with Crippen molar-refractivity contribution in [2.45, 2.75) is 20.3 Å². The van der Waals surface area contributed by atoms with Gasteiger partial charge in [-0.3, -0.25) is 9.59 Å². The van der Waals surface area contributed by atoms with E-state index in [1.54, 1.807) is 24.1 Å². The summed E-state index contributed by atoms with van der Waals surface area (Å²) in [7, 11) is 1.58. The van der Waals surface area contributed by atoms with Gasteiger partial charge >= 0.3 is 0 Å². The second kappa shape index (κ2) is 6.97. The lowest BCUT2D eigenvalue weighted by molar-refractivity contribution is -0.122. The quantitative estimate of drug-likeness (QED) is 0.930. The number of hydrogen-bond donors (Lipinski definition) is 1. The Balaban J connectivity index is 1.72. The van der Waals surface area contributed by atoms with Crippen LogP contribution in [0.2, 0.25) is 0 Å². The molecular formula is C20H22N2O3. The van der Waals surface area contributed by atoms with Crippen molar-refractivity contribution in [1.29, 1.82) is 0 Å². The van der Waals surface area contributed by atoms with Crippen LogP contribution in [-0.4, -0.2) is 25.5 Å². The maximum absolute atomic E-state index is 12.5. The fourth-order valence-corrected chi connectivity index (χ4v) is 3.18. The first kappa shape index (κ1) is 17.0. The third-order valence-electron chi connectivity index (χ3n) is 4.35. The molecule has 5 heteroatoms. The average molecular weight is 338 g/mol. The number of methoxy groups -OCH3 is 1. The van der Waals surface area contributed by atoms with Gasteiger partial charge < -0.3 is 15.0 Å². The molecule has 1 fully saturated rings. The zero-order chi connectivity index (χ0) is 18.0. The van der Waals surface area contributed by atoms with Gasteiger partial charge in [0.15, 0.2) is 0 Å². The van der Waals surface area contributed by atoms with Crippen LogP contribution >= 0.6 is 0 Å². The fourth-order valence-electron chi connectivity index (χ4n) is 3.18. The maximum atomic E-state index is 12.5. The summed E-state index contributed by atoms with van der Waals surface area (Å²) in [5.74, 6) is 0.154. The number of ether oxygens (including phenoxy) is 1. The Morgan fingerprint density at radius 3 is 2.56 bits per heavy atom. The minimum Gasteiger partial charge on any atom is -0.497 e. The minimum absolute atomic E-state index is 0.0178. The molecule has 25 heavy (non-hydrogen) atoms. The van der Waals surface area contributed by atoms with Gasteiger partial charge in [0.2, 0.25) is 11.8 Å². The molecule has 0 spiro atoms. The van der Waals surface area contributed by atoms with Crippen LogP contribution in [0.15, 0.2) is 42.5 Å². The lowest BCUT2D eigenvalue weighted by Crippen LogP contribution is -2.28. The summed E-state index contributed by atoms with van der Waals surface area (Å²) in [6, 6.07) is 13.2. The molecule has 130 valence electrons. The predicted octanol–water partition coefficient (Wildman–Crippen LogP) is 3.30. The van der Waals surface area contributed by atoms with Crippen molar-refractivity contribution in [3.05, 3.63) is 53.6 Å². The Hall–Kier alpha value is -2.82. The van der Waals surface area contributed by atoms with Crippen LogP contribution in [0.25, 0.3) is 0 Å². The van der Waals surface area contributed by atoms with Crippen molar-refractivity contribution in [1.82, 2.24) is 0 Å². The Bertz CT molecular complexity index is 796. The second-order valence-corrected chi connectivity index (χ2v) is 6.47. The second-order valence-electron chi connectivity index (χ2n) is 6.47. The number of carbonyl (C=O) groups excluding carboxylic acids is 2. The SMILES string of the molecule is COc1cccc(NC(=O)C2CC(=O)N(c3cc(C)cc(C)c3)C2)c1. The van der Waals surface area contributed by atoms with Crippen molar-refractivity contribution in [2.75, 3.05) is 23.9 Å². The van der Waals surface area contributed by atoms with Gasteiger partial charge in [0.25, 0.3) is 0 Å². The molecular weight excluding hydrogens is 316 g/mol. The molecule has 2 aromatic rings. The topological polar surface area (TPSA) is 58.6 Å². The smallest absolute Gasteiger partial charge is 0.229 e. The van der Waals surface area contributed by atoms with E-state index in [4.69, 9.17) is 4.74 Å². The van der Waals surface area contributed by atoms with E-state index in [0.29, 0.717) is 18.0 Å². The summed E-state index contributed by atoms with van der Waals surface area (Å²) in [5.41, 5.74) is 3.74. The molecule has 5 nitrogen and oxygen atoms in total. The van der Waals surface area contributed by atoms with Crippen molar-refractivity contribution in [3.63, 3.8) is 0 Å². The summed E-state index contributed by atoms with van der Waals surface area (Å²) in [4.78, 5) is 26.6. The third kappa shape index (κ3) is 3.82. The van der Waals surface area contributed by atoms with Crippen LogP contribution in [0.1, 0.15) is 17.5 Å². The van der Waals surface area contributed by atoms with E-state index in [2.05, 4.69) is 11.4 Å². The zero-order valence-electron chi connectivity index (χ0n) is 14.7. The lowest BCUT2D eigenvalue weighted by atomic mass is 10.1. The molecule has 1 aliphatic heterocycles. The van der Waals surface area contributed by atoms with Crippen molar-refractivity contribution in [3.8, 4) is 5.75 Å². The fraction of sp³-hybridized carbons (Fsp3) is 0.300. The number of hydrogen-bond acceptors (Lipinski definition) is 3. The molecule has 3 rings (SSSR count). The molecule has 0 aliphatic carbocycles. The van der Waals surface area contributed by atoms with E-state index < -0.39 is 0 Å². The van der Waals surface area contributed by atoms with E-state index >= 15 is 0 Å². The third-order valence-corrected chi connectivity index (χ3v) is 4.35. The van der Waals surface area contributed by atoms with E-state index in [1.165, 1.54) is 0 Å². The Morgan fingerprint density at radius 2 is 1.88 bits per heavy atom. The summed E-state index contributed by atoms with van der Waals surface area (Å²) < 4.78 is 5.16. The molecule has 1 unspecified atom stereocenters. The van der Waals surface area contributed by atoms with Crippen molar-refractivity contribution < 1.29 is 14.3 Å². The first-order valence-corrected chi connectivity index (χ1v) is 8.30. The molecule has 2 amide bonds. The van der Waals surface area contributed by atoms with Gasteiger partial charge in [-0.25, -0.2) is 0 Å². The van der Waals surface area contributed by atoms with Crippen LogP contribution in [0.3, 0.4) is 0 Å². The molecule has 1 saturated heterocycles. The number of benzene rings is 2. The number of nitrogens with one attached hydrogen (secondary N) is 1. The van der Waals surface area contributed by atoms with Gasteiger partial charge in [0.05, 0.1) is 13.0 Å². The summed E-state index contributed by atoms with van der Waals surface area (Å²) >= 11 is 0. The first-order valence-electron chi connectivity index (χ1n) is 8.30. The van der Waals surface area contributed by atoms with Gasteiger partial charge in [-0.15, -0.1) is 0 Å². The van der Waals surface area contributed by atoms with E-state index in [-0.39, 0.29) is 24.2 Å². The average Bonchev–Trinajstić information content (AvgIpc) is 2.96. The summed E-state index contributed by atoms with van der Waals surface area (Å²) in [5, 5.41) is 2.88. The Kier molecular flexibility index (Phi) is 4.74. The van der Waals surface area contributed by atoms with Gasteiger partial charge in [-0.1, -0.05) is 12.1 Å². The Labute approximate surface area is 147 Å². The van der Waals surface area contributed by atoms with Crippen LogP contribution in [0.4, 0.5) is 11.4 Å². The number of aryl methyl sites for hydroxylation is 2. The highest BCUT2D eigenvalue weighted by Gasteiger charge is 2.35. The van der Waals surface area contributed by atoms with Crippen molar-refractivity contribution >= 4 is 23.2 Å². The van der Waals surface area contributed by atoms with E-state index in [9.17, 15) is 9.59 Å². The van der Waals surface area contributed by atoms with Crippen LogP contribution in [0, 0.1) is 19.8 Å². The Morgan fingerprint density at radius 1 is 1.16 bits per heavy atom. The van der Waals surface area contributed by atoms with Crippen LogP contribution in [-0.2, 0) is 9.59 Å². The molecule has 1 aliphatic rings. The highest BCUT2D eigenvalue weighted by atomic mass is 16.5. The predicted molar refractivity (Wildman–Crippen MR) is 98.0 cm³/mol. The largest absolute Gasteiger partial charge is 0.497 e. The number of amides is 2. The van der Waals surface area contributed by atoms with Gasteiger partial charge in [-0.2, -0.15) is 0 Å². The molecule has 0 aromatic heterocycles. The maximum Gasteiger partial charge on any atom is 0.229 e. The van der Waals surface area contributed by atoms with Gasteiger partial charge in [0, 0.05) is 30.4 Å². The lowest BCUT2D eigenvalue weighted by Gasteiger charge is -2.18. The van der Waals surface area contributed by atoms with Crippen LogP contribution in [0.5, 0.6) is 5.75 Å². The highest BCUT2D eigenvalue weighted by Crippen LogP contribution is 2.28. The highest BCUT2D eigenvalue weighted by molar-refractivity contribution is 6.03. The monoisotopic (exact) mass is 338 g/mol. The normalized spacial score (nSPS) is 16.8. The molecule has 0 radical (unpaired) electrons. The van der Waals surface area contributed by atoms with Crippen molar-refractivity contribution in [2.24, 2.45) is 5.92 Å². The summed E-state index contributed by atoms with van der Waals surface area (Å²) in [6.45, 7) is 4.41. The summed E-state index contributed by atoms with van der Waals surface area (Å²) in [6.07, 6.45) is 0.225. The van der Waals surface area contributed by atoms with E-state index in [1.807, 2.05) is 38.1 Å². The molecule has 1 atom stereocenters. The van der Waals surface area contributed by atoms with E-state index in [0.717, 1.165) is 16.8 Å². The minimum atomic E-state index is -0.362. The molecule has 2 aromatic carbocycles. The number of nitrogens with zero attached hydrogens (tertiary/aromatic N) is 1. The molecule has 0 saturated carbocycles. The molecule has 1 N–H and O–H groups in total. The molecule has 1 heterocycles.